The van der Waals surface area contributed by atoms with Crippen LogP contribution in [-0.4, -0.2) is 60.2 Å². The molecule has 0 saturated heterocycles. The average Bonchev–Trinajstić information content (AvgIpc) is 3.42. The molecule has 1 atom stereocenters. The summed E-state index contributed by atoms with van der Waals surface area (Å²) in [7, 11) is 4.68. The van der Waals surface area contributed by atoms with E-state index in [0.29, 0.717) is 28.8 Å². The SMILES string of the molecule is COc1cncc(N(C)C(=O)O[C@@H]2COc3c(cc(C)c4nc(-c5cc(C)cc6nc(OC)cnc56)sc34)O2)c1. The van der Waals surface area contributed by atoms with Crippen molar-refractivity contribution in [3.8, 4) is 33.7 Å². The molecule has 0 fully saturated rings. The van der Waals surface area contributed by atoms with Crippen molar-refractivity contribution in [2.24, 2.45) is 0 Å². The van der Waals surface area contributed by atoms with Gasteiger partial charge in [0.05, 0.1) is 55.0 Å². The lowest BCUT2D eigenvalue weighted by Gasteiger charge is -2.28. The van der Waals surface area contributed by atoms with E-state index >= 15 is 0 Å². The van der Waals surface area contributed by atoms with Crippen molar-refractivity contribution in [3.63, 3.8) is 0 Å². The van der Waals surface area contributed by atoms with E-state index in [1.165, 1.54) is 29.5 Å². The molecule has 2 aromatic carbocycles. The second-order valence-electron chi connectivity index (χ2n) is 9.19. The highest BCUT2D eigenvalue weighted by molar-refractivity contribution is 7.22. The van der Waals surface area contributed by atoms with Crippen molar-refractivity contribution in [1.29, 1.82) is 0 Å². The van der Waals surface area contributed by atoms with Gasteiger partial charge in [0, 0.05) is 18.7 Å². The van der Waals surface area contributed by atoms with E-state index in [9.17, 15) is 4.79 Å². The number of carbonyl (C=O) groups is 1. The number of thiazole rings is 1. The largest absolute Gasteiger partial charge is 0.495 e. The van der Waals surface area contributed by atoms with Crippen LogP contribution in [0.3, 0.4) is 0 Å². The first-order chi connectivity index (χ1) is 19.3. The lowest BCUT2D eigenvalue weighted by Crippen LogP contribution is -2.38. The van der Waals surface area contributed by atoms with Crippen LogP contribution in [0.15, 0.2) is 42.9 Å². The van der Waals surface area contributed by atoms with Crippen LogP contribution >= 0.6 is 11.3 Å². The number of pyridine rings is 1. The number of fused-ring (bicyclic) bond motifs is 4. The number of anilines is 1. The monoisotopic (exact) mass is 559 g/mol. The molecule has 0 unspecified atom stereocenters. The van der Waals surface area contributed by atoms with Crippen LogP contribution in [-0.2, 0) is 4.74 Å². The van der Waals surface area contributed by atoms with E-state index in [1.54, 1.807) is 32.6 Å². The summed E-state index contributed by atoms with van der Waals surface area (Å²) in [6, 6.07) is 7.54. The van der Waals surface area contributed by atoms with Gasteiger partial charge in [-0.3, -0.25) is 9.88 Å². The molecule has 40 heavy (non-hydrogen) atoms. The molecule has 1 aliphatic rings. The molecule has 5 aromatic rings. The number of benzene rings is 2. The van der Waals surface area contributed by atoms with Crippen LogP contribution in [0.5, 0.6) is 23.1 Å². The van der Waals surface area contributed by atoms with Gasteiger partial charge < -0.3 is 23.7 Å². The molecule has 1 amide bonds. The van der Waals surface area contributed by atoms with Gasteiger partial charge in [0.25, 0.3) is 6.29 Å². The van der Waals surface area contributed by atoms with E-state index in [-0.39, 0.29) is 6.61 Å². The number of hydrogen-bond acceptors (Lipinski definition) is 11. The standard InChI is InChI=1S/C28H25N5O6S/c1-14-6-18(24-19(7-14)31-21(36-5)12-30-24)27-32-23-15(2)8-20-25(26(23)40-27)37-13-22(38-20)39-28(34)33(3)16-9-17(35-4)11-29-10-16/h6-12,22H,13H2,1-5H3/t22-/m1/s1. The minimum Gasteiger partial charge on any atom is -0.495 e. The molecule has 204 valence electrons. The molecule has 0 saturated carbocycles. The van der Waals surface area contributed by atoms with Crippen molar-refractivity contribution in [1.82, 2.24) is 19.9 Å². The second kappa shape index (κ2) is 10.1. The van der Waals surface area contributed by atoms with Crippen LogP contribution in [0.2, 0.25) is 0 Å². The molecule has 1 aliphatic heterocycles. The molecule has 0 N–H and O–H groups in total. The molecule has 6 rings (SSSR count). The Morgan fingerprint density at radius 3 is 2.70 bits per heavy atom. The Labute approximate surface area is 233 Å². The molecule has 11 nitrogen and oxygen atoms in total. The number of rotatable bonds is 5. The molecule has 4 heterocycles. The average molecular weight is 560 g/mol. The van der Waals surface area contributed by atoms with Crippen LogP contribution in [0.25, 0.3) is 31.8 Å². The zero-order valence-corrected chi connectivity index (χ0v) is 23.2. The van der Waals surface area contributed by atoms with Gasteiger partial charge in [0.15, 0.2) is 18.1 Å². The summed E-state index contributed by atoms with van der Waals surface area (Å²) in [6.45, 7) is 3.98. The molecule has 0 radical (unpaired) electrons. The Bertz CT molecular complexity index is 1770. The Morgan fingerprint density at radius 1 is 1.05 bits per heavy atom. The fourth-order valence-corrected chi connectivity index (χ4v) is 5.57. The molecule has 0 aliphatic carbocycles. The predicted molar refractivity (Wildman–Crippen MR) is 150 cm³/mol. The Balaban J connectivity index is 1.29. The first kappa shape index (κ1) is 25.6. The lowest BCUT2D eigenvalue weighted by atomic mass is 10.1. The fraction of sp³-hybridized carbons (Fsp3) is 0.250. The molecule has 3 aromatic heterocycles. The van der Waals surface area contributed by atoms with E-state index in [1.807, 2.05) is 32.0 Å². The first-order valence-electron chi connectivity index (χ1n) is 12.3. The summed E-state index contributed by atoms with van der Waals surface area (Å²) >= 11 is 1.48. The van der Waals surface area contributed by atoms with Crippen molar-refractivity contribution < 1.29 is 28.5 Å². The van der Waals surface area contributed by atoms with Gasteiger partial charge in [-0.05, 0) is 43.2 Å². The van der Waals surface area contributed by atoms with Gasteiger partial charge in [0.2, 0.25) is 5.88 Å². The topological polar surface area (TPSA) is 118 Å². The summed E-state index contributed by atoms with van der Waals surface area (Å²) in [5.74, 6) is 2.02. The third-order valence-corrected chi connectivity index (χ3v) is 7.52. The molecule has 0 spiro atoms. The van der Waals surface area contributed by atoms with Crippen molar-refractivity contribution >= 4 is 44.4 Å². The second-order valence-corrected chi connectivity index (χ2v) is 10.2. The number of methoxy groups -OCH3 is 2. The quantitative estimate of drug-likeness (QED) is 0.280. The Hall–Kier alpha value is -4.71. The number of ether oxygens (including phenoxy) is 5. The first-order valence-corrected chi connectivity index (χ1v) is 13.1. The zero-order valence-electron chi connectivity index (χ0n) is 22.4. The van der Waals surface area contributed by atoms with Gasteiger partial charge >= 0.3 is 6.09 Å². The number of carbonyl (C=O) groups excluding carboxylic acids is 1. The lowest BCUT2D eigenvalue weighted by molar-refractivity contribution is -0.0718. The normalized spacial score (nSPS) is 14.3. The number of amides is 1. The van der Waals surface area contributed by atoms with Gasteiger partial charge in [-0.2, -0.15) is 0 Å². The van der Waals surface area contributed by atoms with Gasteiger partial charge in [-0.15, -0.1) is 11.3 Å². The molecule has 0 bridgehead atoms. The molecule has 12 heteroatoms. The van der Waals surface area contributed by atoms with Gasteiger partial charge in [-0.25, -0.2) is 19.7 Å². The third-order valence-electron chi connectivity index (χ3n) is 6.44. The van der Waals surface area contributed by atoms with Crippen molar-refractivity contribution in [2.75, 3.05) is 32.8 Å². The van der Waals surface area contributed by atoms with Crippen LogP contribution in [0.1, 0.15) is 11.1 Å². The maximum atomic E-state index is 12.8. The predicted octanol–water partition coefficient (Wildman–Crippen LogP) is 5.31. The van der Waals surface area contributed by atoms with Crippen molar-refractivity contribution in [3.05, 3.63) is 54.0 Å². The minimum atomic E-state index is -0.934. The summed E-state index contributed by atoms with van der Waals surface area (Å²) in [6.07, 6.45) is 3.14. The maximum Gasteiger partial charge on any atom is 0.417 e. The van der Waals surface area contributed by atoms with Gasteiger partial charge in [0.1, 0.15) is 15.5 Å². The van der Waals surface area contributed by atoms with E-state index in [0.717, 1.165) is 42.9 Å². The maximum absolute atomic E-state index is 12.8. The van der Waals surface area contributed by atoms with E-state index < -0.39 is 12.4 Å². The molecular weight excluding hydrogens is 534 g/mol. The smallest absolute Gasteiger partial charge is 0.417 e. The fourth-order valence-electron chi connectivity index (χ4n) is 4.42. The van der Waals surface area contributed by atoms with Crippen LogP contribution in [0.4, 0.5) is 10.5 Å². The highest BCUT2D eigenvalue weighted by Crippen LogP contribution is 2.46. The number of aryl methyl sites for hydroxylation is 2. The van der Waals surface area contributed by atoms with Gasteiger partial charge in [-0.1, -0.05) is 0 Å². The summed E-state index contributed by atoms with van der Waals surface area (Å²) in [5, 5.41) is 0.783. The third kappa shape index (κ3) is 4.56. The molecular formula is C28H25N5O6S. The van der Waals surface area contributed by atoms with Crippen molar-refractivity contribution in [2.45, 2.75) is 20.1 Å². The van der Waals surface area contributed by atoms with E-state index in [4.69, 9.17) is 28.7 Å². The van der Waals surface area contributed by atoms with E-state index in [2.05, 4.69) is 15.0 Å². The zero-order chi connectivity index (χ0) is 28.0. The summed E-state index contributed by atoms with van der Waals surface area (Å²) in [4.78, 5) is 32.3. The minimum absolute atomic E-state index is 0.0208. The van der Waals surface area contributed by atoms with Crippen LogP contribution < -0.4 is 23.8 Å². The Kier molecular flexibility index (Phi) is 6.46. The number of hydrogen-bond donors (Lipinski definition) is 0. The summed E-state index contributed by atoms with van der Waals surface area (Å²) in [5.41, 5.74) is 5.58. The van der Waals surface area contributed by atoms with Crippen LogP contribution in [0, 0.1) is 13.8 Å². The number of nitrogens with zero attached hydrogens (tertiary/aromatic N) is 5. The highest BCUT2D eigenvalue weighted by atomic mass is 32.1. The number of aromatic nitrogens is 4. The summed E-state index contributed by atoms with van der Waals surface area (Å²) < 4.78 is 29.0. The highest BCUT2D eigenvalue weighted by Gasteiger charge is 2.30. The Morgan fingerprint density at radius 2 is 1.90 bits per heavy atom.